The van der Waals surface area contributed by atoms with Crippen molar-refractivity contribution in [1.82, 2.24) is 9.88 Å². The molecule has 0 aliphatic carbocycles. The predicted octanol–water partition coefficient (Wildman–Crippen LogP) is 3.51. The molecule has 4 rings (SSSR count). The zero-order valence-electron chi connectivity index (χ0n) is 13.7. The fourth-order valence-corrected chi connectivity index (χ4v) is 3.49. The molecule has 2 heterocycles. The van der Waals surface area contributed by atoms with E-state index in [9.17, 15) is 4.79 Å². The first-order chi connectivity index (χ1) is 11.7. The van der Waals surface area contributed by atoms with E-state index < -0.39 is 0 Å². The lowest BCUT2D eigenvalue weighted by atomic mass is 10.0. The third kappa shape index (κ3) is 2.69. The fraction of sp³-hybridized carbons (Fsp3) is 0.250. The molecule has 4 heteroatoms. The maximum atomic E-state index is 11.8. The van der Waals surface area contributed by atoms with E-state index in [0.717, 1.165) is 37.0 Å². The van der Waals surface area contributed by atoms with Gasteiger partial charge in [-0.2, -0.15) is 0 Å². The molecule has 1 N–H and O–H groups in total. The van der Waals surface area contributed by atoms with Crippen molar-refractivity contribution in [3.05, 3.63) is 70.9 Å². The van der Waals surface area contributed by atoms with Gasteiger partial charge >= 0.3 is 5.97 Å². The molecule has 0 saturated carbocycles. The monoisotopic (exact) mass is 320 g/mol. The largest absolute Gasteiger partial charge is 0.465 e. The summed E-state index contributed by atoms with van der Waals surface area (Å²) in [5.74, 6) is -0.288. The van der Waals surface area contributed by atoms with Crippen molar-refractivity contribution in [2.75, 3.05) is 13.7 Å². The Morgan fingerprint density at radius 1 is 1.21 bits per heavy atom. The molecule has 24 heavy (non-hydrogen) atoms. The lowest BCUT2D eigenvalue weighted by Gasteiger charge is -2.27. The van der Waals surface area contributed by atoms with Gasteiger partial charge in [-0.15, -0.1) is 0 Å². The van der Waals surface area contributed by atoms with Crippen molar-refractivity contribution in [3.63, 3.8) is 0 Å². The first-order valence-electron chi connectivity index (χ1n) is 8.22. The van der Waals surface area contributed by atoms with E-state index in [1.807, 2.05) is 24.3 Å². The van der Waals surface area contributed by atoms with E-state index >= 15 is 0 Å². The molecule has 0 saturated heterocycles. The zero-order chi connectivity index (χ0) is 16.5. The second-order valence-corrected chi connectivity index (χ2v) is 6.28. The van der Waals surface area contributed by atoms with Gasteiger partial charge in [0.15, 0.2) is 0 Å². The van der Waals surface area contributed by atoms with Gasteiger partial charge in [-0.05, 0) is 29.3 Å². The predicted molar refractivity (Wildman–Crippen MR) is 93.9 cm³/mol. The number of aromatic nitrogens is 1. The Hall–Kier alpha value is -2.59. The maximum absolute atomic E-state index is 11.8. The first kappa shape index (κ1) is 15.0. The highest BCUT2D eigenvalue weighted by Crippen LogP contribution is 2.29. The number of H-pyrrole nitrogens is 1. The van der Waals surface area contributed by atoms with Gasteiger partial charge in [0, 0.05) is 42.7 Å². The third-order valence-electron chi connectivity index (χ3n) is 4.72. The number of rotatable bonds is 3. The molecule has 122 valence electrons. The zero-order valence-corrected chi connectivity index (χ0v) is 13.7. The van der Waals surface area contributed by atoms with Crippen molar-refractivity contribution in [2.24, 2.45) is 0 Å². The molecule has 2 aromatic carbocycles. The molecular weight excluding hydrogens is 300 g/mol. The van der Waals surface area contributed by atoms with Crippen LogP contribution < -0.4 is 0 Å². The number of hydrogen-bond donors (Lipinski definition) is 1. The first-order valence-corrected chi connectivity index (χ1v) is 8.22. The summed E-state index contributed by atoms with van der Waals surface area (Å²) in [6.07, 6.45) is 1.00. The molecule has 0 unspecified atom stereocenters. The topological polar surface area (TPSA) is 45.3 Å². The average Bonchev–Trinajstić information content (AvgIpc) is 2.99. The van der Waals surface area contributed by atoms with Gasteiger partial charge in [0.25, 0.3) is 0 Å². The normalized spacial score (nSPS) is 14.5. The van der Waals surface area contributed by atoms with Crippen LogP contribution in [0.1, 0.15) is 27.2 Å². The number of esters is 1. The van der Waals surface area contributed by atoms with Crippen molar-refractivity contribution in [1.29, 1.82) is 0 Å². The summed E-state index contributed by atoms with van der Waals surface area (Å²) in [7, 11) is 1.42. The highest BCUT2D eigenvalue weighted by Gasteiger charge is 2.21. The number of fused-ring (bicyclic) bond motifs is 3. The summed E-state index contributed by atoms with van der Waals surface area (Å²) in [5, 5.41) is 1.13. The molecule has 0 fully saturated rings. The molecule has 0 bridgehead atoms. The smallest absolute Gasteiger partial charge is 0.337 e. The van der Waals surface area contributed by atoms with Gasteiger partial charge in [-0.1, -0.05) is 30.3 Å². The summed E-state index contributed by atoms with van der Waals surface area (Å²) >= 11 is 0. The molecule has 4 nitrogen and oxygen atoms in total. The molecule has 1 aromatic heterocycles. The summed E-state index contributed by atoms with van der Waals surface area (Å²) in [5.41, 5.74) is 5.62. The van der Waals surface area contributed by atoms with Crippen LogP contribution in [0.15, 0.2) is 48.5 Å². The average molecular weight is 320 g/mol. The van der Waals surface area contributed by atoms with Crippen molar-refractivity contribution < 1.29 is 9.53 Å². The Morgan fingerprint density at radius 2 is 2.04 bits per heavy atom. The van der Waals surface area contributed by atoms with Crippen LogP contribution >= 0.6 is 0 Å². The molecule has 0 atom stereocenters. The van der Waals surface area contributed by atoms with E-state index in [1.165, 1.54) is 23.9 Å². The number of carbonyl (C=O) groups excluding carboxylic acids is 1. The minimum Gasteiger partial charge on any atom is -0.465 e. The number of carbonyl (C=O) groups is 1. The molecular formula is C20H20N2O2. The highest BCUT2D eigenvalue weighted by molar-refractivity contribution is 5.96. The number of methoxy groups -OCH3 is 1. The summed E-state index contributed by atoms with van der Waals surface area (Å²) in [6, 6.07) is 16.3. The number of hydrogen-bond acceptors (Lipinski definition) is 3. The van der Waals surface area contributed by atoms with Gasteiger partial charge in [0.2, 0.25) is 0 Å². The van der Waals surface area contributed by atoms with Gasteiger partial charge in [0.1, 0.15) is 0 Å². The Balaban J connectivity index is 1.65. The Morgan fingerprint density at radius 3 is 2.83 bits per heavy atom. The Kier molecular flexibility index (Phi) is 3.82. The van der Waals surface area contributed by atoms with Crippen LogP contribution in [0.4, 0.5) is 0 Å². The van der Waals surface area contributed by atoms with E-state index in [4.69, 9.17) is 4.74 Å². The minimum atomic E-state index is -0.288. The van der Waals surface area contributed by atoms with Crippen LogP contribution in [0.5, 0.6) is 0 Å². The van der Waals surface area contributed by atoms with E-state index in [0.29, 0.717) is 5.56 Å². The highest BCUT2D eigenvalue weighted by atomic mass is 16.5. The minimum absolute atomic E-state index is 0.288. The second kappa shape index (κ2) is 6.13. The quantitative estimate of drug-likeness (QED) is 0.751. The summed E-state index contributed by atoms with van der Waals surface area (Å²) < 4.78 is 4.85. The van der Waals surface area contributed by atoms with E-state index in [2.05, 4.69) is 34.1 Å². The van der Waals surface area contributed by atoms with E-state index in [1.54, 1.807) is 0 Å². The van der Waals surface area contributed by atoms with Crippen molar-refractivity contribution in [2.45, 2.75) is 19.5 Å². The van der Waals surface area contributed by atoms with Crippen LogP contribution in [0.2, 0.25) is 0 Å². The molecule has 0 spiro atoms. The van der Waals surface area contributed by atoms with Crippen LogP contribution in [-0.2, 0) is 24.2 Å². The maximum Gasteiger partial charge on any atom is 0.337 e. The van der Waals surface area contributed by atoms with Gasteiger partial charge in [-0.25, -0.2) is 4.79 Å². The fourth-order valence-electron chi connectivity index (χ4n) is 3.49. The van der Waals surface area contributed by atoms with Crippen LogP contribution in [0, 0.1) is 0 Å². The van der Waals surface area contributed by atoms with Crippen molar-refractivity contribution >= 4 is 16.9 Å². The van der Waals surface area contributed by atoms with Crippen LogP contribution in [0.25, 0.3) is 10.9 Å². The standard InChI is InChI=1S/C20H20N2O2/c1-24-20(23)15-7-8-18-16(11-15)17-13-22(10-9-19(17)21-18)12-14-5-3-2-4-6-14/h2-8,11,21H,9-10,12-13H2,1H3. The third-order valence-corrected chi connectivity index (χ3v) is 4.72. The Labute approximate surface area is 141 Å². The SMILES string of the molecule is COC(=O)c1ccc2[nH]c3c(c2c1)CN(Cc1ccccc1)CC3. The van der Waals surface area contributed by atoms with Crippen molar-refractivity contribution in [3.8, 4) is 0 Å². The van der Waals surface area contributed by atoms with Gasteiger partial charge < -0.3 is 9.72 Å². The number of benzene rings is 2. The van der Waals surface area contributed by atoms with Crippen LogP contribution in [-0.4, -0.2) is 29.5 Å². The van der Waals surface area contributed by atoms with E-state index in [-0.39, 0.29) is 5.97 Å². The lowest BCUT2D eigenvalue weighted by Crippen LogP contribution is -2.29. The molecule has 3 aromatic rings. The number of aromatic amines is 1. The molecule has 1 aliphatic rings. The van der Waals surface area contributed by atoms with Gasteiger partial charge in [0.05, 0.1) is 12.7 Å². The van der Waals surface area contributed by atoms with Gasteiger partial charge in [-0.3, -0.25) is 4.90 Å². The lowest BCUT2D eigenvalue weighted by molar-refractivity contribution is 0.0601. The molecule has 0 radical (unpaired) electrons. The number of ether oxygens (including phenoxy) is 1. The number of nitrogens with zero attached hydrogens (tertiary/aromatic N) is 1. The van der Waals surface area contributed by atoms with Crippen LogP contribution in [0.3, 0.4) is 0 Å². The Bertz CT molecular complexity index is 883. The molecule has 0 amide bonds. The summed E-state index contributed by atoms with van der Waals surface area (Å²) in [6.45, 7) is 2.89. The molecule has 1 aliphatic heterocycles. The number of nitrogens with one attached hydrogen (secondary N) is 1. The summed E-state index contributed by atoms with van der Waals surface area (Å²) in [4.78, 5) is 17.8. The second-order valence-electron chi connectivity index (χ2n) is 6.28.